The van der Waals surface area contributed by atoms with E-state index in [0.717, 1.165) is 32.0 Å². The third-order valence-corrected chi connectivity index (χ3v) is 4.96. The summed E-state index contributed by atoms with van der Waals surface area (Å²) in [5.74, 6) is 0.0796. The summed E-state index contributed by atoms with van der Waals surface area (Å²) in [6.45, 7) is 0. The van der Waals surface area contributed by atoms with Crippen LogP contribution in [0.15, 0.2) is 54.6 Å². The van der Waals surface area contributed by atoms with E-state index in [9.17, 15) is 4.79 Å². The van der Waals surface area contributed by atoms with Gasteiger partial charge in [0.1, 0.15) is 0 Å². The second-order valence-corrected chi connectivity index (χ2v) is 6.23. The SMILES string of the molecule is O=C1c2cc(Cl)ccc2-c2sc(-c3ccccc3)cc21. The molecule has 3 heteroatoms. The molecule has 3 aromatic rings. The summed E-state index contributed by atoms with van der Waals surface area (Å²) in [5.41, 5.74) is 3.67. The van der Waals surface area contributed by atoms with Crippen molar-refractivity contribution in [2.45, 2.75) is 0 Å². The maximum atomic E-state index is 12.4. The first kappa shape index (κ1) is 11.9. The van der Waals surface area contributed by atoms with Crippen molar-refractivity contribution in [2.75, 3.05) is 0 Å². The van der Waals surface area contributed by atoms with Crippen LogP contribution in [0.5, 0.6) is 0 Å². The summed E-state index contributed by atoms with van der Waals surface area (Å²) in [4.78, 5) is 14.6. The molecule has 96 valence electrons. The molecule has 1 aromatic heterocycles. The summed E-state index contributed by atoms with van der Waals surface area (Å²) >= 11 is 7.64. The van der Waals surface area contributed by atoms with Crippen molar-refractivity contribution < 1.29 is 4.79 Å². The molecule has 0 amide bonds. The van der Waals surface area contributed by atoms with Gasteiger partial charge in [0.2, 0.25) is 0 Å². The molecule has 0 spiro atoms. The quantitative estimate of drug-likeness (QED) is 0.467. The fourth-order valence-electron chi connectivity index (χ4n) is 2.55. The minimum absolute atomic E-state index is 0.0796. The van der Waals surface area contributed by atoms with Gasteiger partial charge in [-0.1, -0.05) is 48.0 Å². The zero-order valence-electron chi connectivity index (χ0n) is 10.4. The Hall–Kier alpha value is -1.90. The van der Waals surface area contributed by atoms with Crippen LogP contribution < -0.4 is 0 Å². The summed E-state index contributed by atoms with van der Waals surface area (Å²) in [6.07, 6.45) is 0. The first-order chi connectivity index (χ1) is 9.74. The number of benzene rings is 2. The Balaban J connectivity index is 1.91. The van der Waals surface area contributed by atoms with Crippen LogP contribution in [-0.2, 0) is 0 Å². The molecule has 0 bridgehead atoms. The lowest BCUT2D eigenvalue weighted by atomic mass is 10.1. The summed E-state index contributed by atoms with van der Waals surface area (Å²) in [5, 5.41) is 0.607. The smallest absolute Gasteiger partial charge is 0.195 e. The first-order valence-corrected chi connectivity index (χ1v) is 7.47. The van der Waals surface area contributed by atoms with E-state index in [1.807, 2.05) is 36.4 Å². The molecule has 1 nitrogen and oxygen atoms in total. The molecular weight excluding hydrogens is 288 g/mol. The predicted molar refractivity (Wildman–Crippen MR) is 83.6 cm³/mol. The van der Waals surface area contributed by atoms with Crippen LogP contribution in [0.25, 0.3) is 20.9 Å². The van der Waals surface area contributed by atoms with Crippen molar-refractivity contribution in [3.63, 3.8) is 0 Å². The molecule has 1 aliphatic rings. The van der Waals surface area contributed by atoms with Crippen LogP contribution in [0.4, 0.5) is 0 Å². The molecule has 0 fully saturated rings. The summed E-state index contributed by atoms with van der Waals surface area (Å²) < 4.78 is 0. The van der Waals surface area contributed by atoms with Crippen molar-refractivity contribution in [3.05, 3.63) is 70.7 Å². The van der Waals surface area contributed by atoms with Crippen molar-refractivity contribution in [3.8, 4) is 20.9 Å². The van der Waals surface area contributed by atoms with Crippen LogP contribution in [0.3, 0.4) is 0 Å². The van der Waals surface area contributed by atoms with Gasteiger partial charge in [0, 0.05) is 31.5 Å². The first-order valence-electron chi connectivity index (χ1n) is 6.28. The molecular formula is C17H9ClOS. The number of hydrogen-bond donors (Lipinski definition) is 0. The van der Waals surface area contributed by atoms with Gasteiger partial charge < -0.3 is 0 Å². The van der Waals surface area contributed by atoms with E-state index >= 15 is 0 Å². The fourth-order valence-corrected chi connectivity index (χ4v) is 3.92. The van der Waals surface area contributed by atoms with Crippen LogP contribution in [0.2, 0.25) is 5.02 Å². The average molecular weight is 297 g/mol. The normalized spacial score (nSPS) is 12.3. The minimum Gasteiger partial charge on any atom is -0.289 e. The maximum absolute atomic E-state index is 12.4. The van der Waals surface area contributed by atoms with Gasteiger partial charge in [-0.3, -0.25) is 4.79 Å². The Labute approximate surface area is 125 Å². The average Bonchev–Trinajstić information content (AvgIpc) is 3.01. The maximum Gasteiger partial charge on any atom is 0.195 e. The van der Waals surface area contributed by atoms with Gasteiger partial charge in [0.15, 0.2) is 5.78 Å². The molecule has 0 atom stereocenters. The lowest BCUT2D eigenvalue weighted by Gasteiger charge is -2.00. The second kappa shape index (κ2) is 4.30. The highest BCUT2D eigenvalue weighted by atomic mass is 35.5. The highest BCUT2D eigenvalue weighted by Crippen LogP contribution is 2.45. The Morgan fingerprint density at radius 2 is 1.65 bits per heavy atom. The lowest BCUT2D eigenvalue weighted by Crippen LogP contribution is -1.93. The molecule has 0 saturated heterocycles. The van der Waals surface area contributed by atoms with Crippen molar-refractivity contribution >= 4 is 28.7 Å². The predicted octanol–water partition coefficient (Wildman–Crippen LogP) is 5.28. The molecule has 0 aliphatic heterocycles. The Morgan fingerprint density at radius 1 is 0.850 bits per heavy atom. The highest BCUT2D eigenvalue weighted by Gasteiger charge is 2.29. The number of thiophene rings is 1. The molecule has 0 N–H and O–H groups in total. The highest BCUT2D eigenvalue weighted by molar-refractivity contribution is 7.19. The largest absolute Gasteiger partial charge is 0.289 e. The number of carbonyl (C=O) groups excluding carboxylic acids is 1. The lowest BCUT2D eigenvalue weighted by molar-refractivity contribution is 0.104. The Bertz CT molecular complexity index is 833. The van der Waals surface area contributed by atoms with Crippen LogP contribution in [-0.4, -0.2) is 5.78 Å². The minimum atomic E-state index is 0.0796. The second-order valence-electron chi connectivity index (χ2n) is 4.74. The number of rotatable bonds is 1. The molecule has 0 radical (unpaired) electrons. The molecule has 1 aliphatic carbocycles. The third-order valence-electron chi connectivity index (χ3n) is 3.51. The van der Waals surface area contributed by atoms with E-state index in [1.54, 1.807) is 17.4 Å². The molecule has 2 aromatic carbocycles. The molecule has 4 rings (SSSR count). The summed E-state index contributed by atoms with van der Waals surface area (Å²) in [7, 11) is 0. The number of fused-ring (bicyclic) bond motifs is 3. The summed E-state index contributed by atoms with van der Waals surface area (Å²) in [6, 6.07) is 17.7. The Morgan fingerprint density at radius 3 is 2.45 bits per heavy atom. The molecule has 1 heterocycles. The van der Waals surface area contributed by atoms with E-state index in [4.69, 9.17) is 11.6 Å². The fraction of sp³-hybridized carbons (Fsp3) is 0. The molecule has 0 saturated carbocycles. The van der Waals surface area contributed by atoms with Gasteiger partial charge in [-0.2, -0.15) is 0 Å². The van der Waals surface area contributed by atoms with E-state index in [2.05, 4.69) is 12.1 Å². The third kappa shape index (κ3) is 1.65. The van der Waals surface area contributed by atoms with E-state index in [-0.39, 0.29) is 5.78 Å². The van der Waals surface area contributed by atoms with Crippen molar-refractivity contribution in [1.82, 2.24) is 0 Å². The van der Waals surface area contributed by atoms with Gasteiger partial charge >= 0.3 is 0 Å². The van der Waals surface area contributed by atoms with Crippen LogP contribution in [0, 0.1) is 0 Å². The van der Waals surface area contributed by atoms with Gasteiger partial charge in [0.25, 0.3) is 0 Å². The number of hydrogen-bond acceptors (Lipinski definition) is 2. The van der Waals surface area contributed by atoms with Crippen LogP contribution in [0.1, 0.15) is 15.9 Å². The zero-order valence-corrected chi connectivity index (χ0v) is 12.0. The van der Waals surface area contributed by atoms with E-state index in [1.165, 1.54) is 0 Å². The standard InChI is InChI=1S/C17H9ClOS/c18-11-6-7-12-13(8-11)16(19)14-9-15(20-17(12)14)10-4-2-1-3-5-10/h1-9H. The van der Waals surface area contributed by atoms with E-state index in [0.29, 0.717) is 5.02 Å². The van der Waals surface area contributed by atoms with Gasteiger partial charge in [0.05, 0.1) is 0 Å². The molecule has 0 unspecified atom stereocenters. The van der Waals surface area contributed by atoms with Gasteiger partial charge in [-0.15, -0.1) is 11.3 Å². The number of halogens is 1. The number of ketones is 1. The van der Waals surface area contributed by atoms with Gasteiger partial charge in [-0.25, -0.2) is 0 Å². The van der Waals surface area contributed by atoms with Crippen molar-refractivity contribution in [1.29, 1.82) is 0 Å². The zero-order chi connectivity index (χ0) is 13.7. The Kier molecular flexibility index (Phi) is 2.56. The van der Waals surface area contributed by atoms with Crippen LogP contribution >= 0.6 is 22.9 Å². The topological polar surface area (TPSA) is 17.1 Å². The number of carbonyl (C=O) groups is 1. The monoisotopic (exact) mass is 296 g/mol. The molecule has 20 heavy (non-hydrogen) atoms. The van der Waals surface area contributed by atoms with Crippen molar-refractivity contribution in [2.24, 2.45) is 0 Å². The van der Waals surface area contributed by atoms with E-state index < -0.39 is 0 Å². The van der Waals surface area contributed by atoms with Gasteiger partial charge in [-0.05, 0) is 23.8 Å².